The van der Waals surface area contributed by atoms with Crippen molar-refractivity contribution in [3.8, 4) is 44.8 Å². The lowest BCUT2D eigenvalue weighted by Crippen LogP contribution is -2.31. The minimum atomic E-state index is -0.307. The molecule has 0 saturated carbocycles. The van der Waals surface area contributed by atoms with Gasteiger partial charge in [-0.1, -0.05) is 230 Å². The molecular weight excluding hydrogens is 1350 g/mol. The quantitative estimate of drug-likeness (QED) is 0.122. The number of hydrogen-bond acceptors (Lipinski definition) is 4. The van der Waals surface area contributed by atoms with E-state index in [0.717, 1.165) is 84.6 Å². The summed E-state index contributed by atoms with van der Waals surface area (Å²) in [6.07, 6.45) is 0. The van der Waals surface area contributed by atoms with Gasteiger partial charge in [0, 0.05) is 94.7 Å². The van der Waals surface area contributed by atoms with Crippen LogP contribution < -0.4 is 19.6 Å². The van der Waals surface area contributed by atoms with E-state index in [9.17, 15) is 0 Å². The lowest BCUT2D eigenvalue weighted by molar-refractivity contribution is 0.627. The van der Waals surface area contributed by atoms with Crippen LogP contribution in [0.1, 0.15) is 74.9 Å². The minimum Gasteiger partial charge on any atom is -0.310 e. The molecule has 4 heterocycles. The molecule has 0 amide bonds. The largest absolute Gasteiger partial charge is 0.310 e. The molecule has 21 rings (SSSR count). The summed E-state index contributed by atoms with van der Waals surface area (Å²) in [5.41, 5.74) is 34.8. The van der Waals surface area contributed by atoms with E-state index < -0.39 is 0 Å². The van der Waals surface area contributed by atoms with Crippen molar-refractivity contribution in [1.29, 1.82) is 0 Å². The maximum absolute atomic E-state index is 2.56. The molecule has 18 aromatic rings. The van der Waals surface area contributed by atoms with Gasteiger partial charge in [0.1, 0.15) is 0 Å². The van der Waals surface area contributed by atoms with Crippen molar-refractivity contribution in [2.45, 2.75) is 57.8 Å². The molecule has 530 valence electrons. The second-order valence-electron chi connectivity index (χ2n) is 31.7. The summed E-state index contributed by atoms with van der Waals surface area (Å²) >= 11 is 0. The molecule has 0 N–H and O–H groups in total. The fraction of sp³-hybridized carbons (Fsp3) is 0.0857. The molecule has 2 aliphatic heterocycles. The van der Waals surface area contributed by atoms with Crippen LogP contribution in [0.15, 0.2) is 376 Å². The summed E-state index contributed by atoms with van der Waals surface area (Å²) in [5.74, 6) is 0. The summed E-state index contributed by atoms with van der Waals surface area (Å²) in [6, 6.07) is 140. The standard InChI is InChI=1S/C105H80N6/c1-103(2)89-42-23-26-45-99(89)110(80-54-59-97-87(64-80)84-41-22-25-44-95(84)108(97)76-36-18-10-19-37-76)101-58-50-72(63-93(101)103)69-47-51-78(52-48-69)107(75-34-16-9-17-35-75)79-40-28-29-70(61-79)71-49-57-96-86(62-71)88-65-81(55-60-98(88)109(96)77-38-20-11-21-39-77)111-100-46-27-24-43-90(100)104(3,4)94-67-85-83-56-53-82(66-91(83)105(5,6)92(85)68-102(94)111)106(73-30-12-7-13-31-73)74-32-14-8-15-33-74/h7-68H,1-6H3. The molecule has 6 nitrogen and oxygen atoms in total. The first kappa shape index (κ1) is 65.6. The smallest absolute Gasteiger partial charge is 0.0542 e. The molecule has 16 aromatic carbocycles. The highest BCUT2D eigenvalue weighted by atomic mass is 15.2. The van der Waals surface area contributed by atoms with Crippen LogP contribution in [0.3, 0.4) is 0 Å². The average Bonchev–Trinajstić information content (AvgIpc) is 1.62. The van der Waals surface area contributed by atoms with Crippen LogP contribution in [-0.4, -0.2) is 9.13 Å². The molecule has 0 bridgehead atoms. The van der Waals surface area contributed by atoms with Crippen LogP contribution in [0, 0.1) is 0 Å². The van der Waals surface area contributed by atoms with Gasteiger partial charge in [0.05, 0.1) is 44.8 Å². The van der Waals surface area contributed by atoms with Gasteiger partial charge in [-0.05, 0) is 255 Å². The van der Waals surface area contributed by atoms with Crippen molar-refractivity contribution in [3.05, 3.63) is 409 Å². The average molecular weight is 1430 g/mol. The highest BCUT2D eigenvalue weighted by molar-refractivity contribution is 6.13. The first-order valence-corrected chi connectivity index (χ1v) is 38.8. The zero-order valence-corrected chi connectivity index (χ0v) is 63.0. The fourth-order valence-corrected chi connectivity index (χ4v) is 18.9. The van der Waals surface area contributed by atoms with Crippen LogP contribution in [-0.2, 0) is 16.2 Å². The molecule has 3 aliphatic rings. The molecule has 111 heavy (non-hydrogen) atoms. The van der Waals surface area contributed by atoms with E-state index in [0.29, 0.717) is 0 Å². The van der Waals surface area contributed by atoms with Gasteiger partial charge in [0.25, 0.3) is 0 Å². The molecule has 2 aromatic heterocycles. The summed E-state index contributed by atoms with van der Waals surface area (Å²) in [6.45, 7) is 14.4. The van der Waals surface area contributed by atoms with Gasteiger partial charge in [-0.25, -0.2) is 0 Å². The number of benzene rings is 16. The predicted octanol–water partition coefficient (Wildman–Crippen LogP) is 28.7. The minimum absolute atomic E-state index is 0.283. The number of hydrogen-bond donors (Lipinski definition) is 0. The Kier molecular flexibility index (Phi) is 14.9. The Hall–Kier alpha value is -13.7. The van der Waals surface area contributed by atoms with Crippen LogP contribution >= 0.6 is 0 Å². The van der Waals surface area contributed by atoms with E-state index in [4.69, 9.17) is 0 Å². The molecule has 0 fully saturated rings. The Morgan fingerprint density at radius 1 is 0.198 bits per heavy atom. The molecule has 0 radical (unpaired) electrons. The van der Waals surface area contributed by atoms with Crippen molar-refractivity contribution >= 4 is 112 Å². The van der Waals surface area contributed by atoms with Crippen molar-refractivity contribution in [2.24, 2.45) is 0 Å². The van der Waals surface area contributed by atoms with E-state index in [2.05, 4.69) is 446 Å². The van der Waals surface area contributed by atoms with Crippen LogP contribution in [0.25, 0.3) is 88.4 Å². The van der Waals surface area contributed by atoms with E-state index >= 15 is 0 Å². The third-order valence-corrected chi connectivity index (χ3v) is 24.4. The van der Waals surface area contributed by atoms with Gasteiger partial charge in [-0.3, -0.25) is 0 Å². The first-order chi connectivity index (χ1) is 54.3. The molecule has 0 unspecified atom stereocenters. The Morgan fingerprint density at radius 2 is 0.586 bits per heavy atom. The normalized spacial score (nSPS) is 14.0. The maximum Gasteiger partial charge on any atom is 0.0542 e. The first-order valence-electron chi connectivity index (χ1n) is 38.8. The van der Waals surface area contributed by atoms with Gasteiger partial charge in [-0.15, -0.1) is 0 Å². The zero-order chi connectivity index (χ0) is 74.4. The maximum atomic E-state index is 2.56. The van der Waals surface area contributed by atoms with Gasteiger partial charge in [0.2, 0.25) is 0 Å². The number of nitrogens with zero attached hydrogens (tertiary/aromatic N) is 6. The van der Waals surface area contributed by atoms with Crippen LogP contribution in [0.5, 0.6) is 0 Å². The molecular formula is C105H80N6. The van der Waals surface area contributed by atoms with Gasteiger partial charge in [-0.2, -0.15) is 0 Å². The Bertz CT molecular complexity index is 6690. The number of rotatable bonds is 12. The monoisotopic (exact) mass is 1420 g/mol. The number of anilines is 12. The molecule has 0 atom stereocenters. The third-order valence-electron chi connectivity index (χ3n) is 24.4. The predicted molar refractivity (Wildman–Crippen MR) is 467 cm³/mol. The summed E-state index contributed by atoms with van der Waals surface area (Å²) in [7, 11) is 0. The number of fused-ring (bicyclic) bond motifs is 13. The Morgan fingerprint density at radius 3 is 1.17 bits per heavy atom. The molecule has 0 saturated heterocycles. The molecule has 0 spiro atoms. The second kappa shape index (κ2) is 25.2. The lowest BCUT2D eigenvalue weighted by Gasteiger charge is -2.43. The lowest BCUT2D eigenvalue weighted by atomic mass is 9.72. The van der Waals surface area contributed by atoms with E-state index in [1.165, 1.54) is 105 Å². The Labute approximate surface area is 648 Å². The summed E-state index contributed by atoms with van der Waals surface area (Å²) in [4.78, 5) is 9.82. The third kappa shape index (κ3) is 10.3. The van der Waals surface area contributed by atoms with Crippen molar-refractivity contribution in [1.82, 2.24) is 9.13 Å². The van der Waals surface area contributed by atoms with E-state index in [1.807, 2.05) is 0 Å². The van der Waals surface area contributed by atoms with Crippen molar-refractivity contribution in [3.63, 3.8) is 0 Å². The molecule has 1 aliphatic carbocycles. The van der Waals surface area contributed by atoms with E-state index in [1.54, 1.807) is 0 Å². The van der Waals surface area contributed by atoms with Gasteiger partial charge >= 0.3 is 0 Å². The summed E-state index contributed by atoms with van der Waals surface area (Å²) < 4.78 is 4.84. The highest BCUT2D eigenvalue weighted by Crippen LogP contribution is 2.60. The topological polar surface area (TPSA) is 22.8 Å². The second-order valence-corrected chi connectivity index (χ2v) is 31.7. The highest BCUT2D eigenvalue weighted by Gasteiger charge is 2.44. The summed E-state index contributed by atoms with van der Waals surface area (Å²) in [5, 5.41) is 4.84. The van der Waals surface area contributed by atoms with Crippen LogP contribution in [0.4, 0.5) is 68.2 Å². The molecule has 6 heteroatoms. The Balaban J connectivity index is 0.643. The van der Waals surface area contributed by atoms with Crippen molar-refractivity contribution in [2.75, 3.05) is 19.6 Å². The zero-order valence-electron chi connectivity index (χ0n) is 63.0. The SMILES string of the molecule is CC1(C)c2cc(N(c3ccccc3)c3ccccc3)ccc2-c2cc3c(cc21)N(c1ccc2c(c1)c1cc(-c4cccc(N(c5ccccc5)c5ccc(-c6ccc7c(c6)C(C)(C)c6ccccc6N7c6ccc7c(c6)c6ccccc6n7-c6ccccc6)cc5)c4)ccc1n2-c1ccccc1)c1ccccc1C3(C)C. The van der Waals surface area contributed by atoms with E-state index in [-0.39, 0.29) is 16.2 Å². The van der Waals surface area contributed by atoms with Crippen LogP contribution in [0.2, 0.25) is 0 Å². The fourth-order valence-electron chi connectivity index (χ4n) is 18.9. The van der Waals surface area contributed by atoms with Gasteiger partial charge < -0.3 is 28.7 Å². The van der Waals surface area contributed by atoms with Crippen molar-refractivity contribution < 1.29 is 0 Å². The number of aromatic nitrogens is 2. The number of para-hydroxylation sites is 8. The van der Waals surface area contributed by atoms with Gasteiger partial charge in [0.15, 0.2) is 0 Å².